The fraction of sp³-hybridized carbons (Fsp3) is 0.111. The highest BCUT2D eigenvalue weighted by Crippen LogP contribution is 2.43. The molecule has 1 aliphatic rings. The lowest BCUT2D eigenvalue weighted by Crippen LogP contribution is -2.32. The normalized spacial score (nSPS) is 14.4. The number of allylic oxidation sites excluding steroid dienone is 1. The van der Waals surface area contributed by atoms with E-state index in [9.17, 15) is 27.1 Å². The molecule has 0 amide bonds. The molecule has 3 aromatic carbocycles. The van der Waals surface area contributed by atoms with E-state index in [1.807, 2.05) is 6.92 Å². The first-order chi connectivity index (χ1) is 17.1. The average Bonchev–Trinajstić information content (AvgIpc) is 3.25. The summed E-state index contributed by atoms with van der Waals surface area (Å²) in [4.78, 5) is 11.9. The molecule has 1 aromatic heterocycles. The van der Waals surface area contributed by atoms with Crippen molar-refractivity contribution < 1.29 is 27.1 Å². The predicted octanol–water partition coefficient (Wildman–Crippen LogP) is 4.96. The van der Waals surface area contributed by atoms with Crippen molar-refractivity contribution in [1.29, 1.82) is 0 Å². The smallest absolute Gasteiger partial charge is 0.357 e. The highest BCUT2D eigenvalue weighted by Gasteiger charge is 2.40. The molecule has 0 fully saturated rings. The number of aromatic carboxylic acids is 1. The number of hydrogen-bond acceptors (Lipinski definition) is 4. The van der Waals surface area contributed by atoms with Gasteiger partial charge < -0.3 is 5.11 Å². The lowest BCUT2D eigenvalue weighted by molar-refractivity contribution is 0.0690. The van der Waals surface area contributed by atoms with Crippen LogP contribution < -0.4 is 0 Å². The molecule has 0 radical (unpaired) electrons. The Hall–Kier alpha value is -4.11. The fourth-order valence-electron chi connectivity index (χ4n) is 4.56. The lowest BCUT2D eigenvalue weighted by atomic mass is 9.68. The van der Waals surface area contributed by atoms with Crippen LogP contribution in [0.5, 0.6) is 0 Å². The molecule has 182 valence electrons. The van der Waals surface area contributed by atoms with Crippen molar-refractivity contribution in [2.75, 3.05) is 0 Å². The second-order valence-electron chi connectivity index (χ2n) is 8.67. The monoisotopic (exact) mass is 506 g/mol. The molecule has 1 heterocycles. The summed E-state index contributed by atoms with van der Waals surface area (Å²) in [5, 5.41) is 13.8. The minimum absolute atomic E-state index is 0.0124. The molecule has 9 heteroatoms. The van der Waals surface area contributed by atoms with Gasteiger partial charge in [-0.15, -0.1) is 5.10 Å². The van der Waals surface area contributed by atoms with Crippen molar-refractivity contribution in [2.45, 2.75) is 23.7 Å². The largest absolute Gasteiger partial charge is 0.476 e. The van der Waals surface area contributed by atoms with Gasteiger partial charge in [-0.2, -0.15) is 12.5 Å². The van der Waals surface area contributed by atoms with Crippen molar-refractivity contribution >= 4 is 22.1 Å². The number of aromatic nitrogens is 2. The molecule has 0 aliphatic heterocycles. The van der Waals surface area contributed by atoms with Gasteiger partial charge in [-0.25, -0.2) is 13.6 Å². The minimum atomic E-state index is -4.25. The van der Waals surface area contributed by atoms with Gasteiger partial charge in [0.15, 0.2) is 5.69 Å². The zero-order chi connectivity index (χ0) is 25.7. The van der Waals surface area contributed by atoms with Gasteiger partial charge in [0.05, 0.1) is 10.6 Å². The maximum atomic E-state index is 13.8. The number of halogens is 2. The molecular weight excluding hydrogens is 486 g/mol. The highest BCUT2D eigenvalue weighted by atomic mass is 32.2. The van der Waals surface area contributed by atoms with Gasteiger partial charge in [0.25, 0.3) is 10.0 Å². The number of carboxylic acids is 1. The van der Waals surface area contributed by atoms with Crippen molar-refractivity contribution in [3.63, 3.8) is 0 Å². The SMILES string of the molecule is Cc1ccc(S(=O)(=O)n2nc(C(=O)O)c3c2CC(c2ccc(F)cc2)(c2ccc(F)cc2)C=C3)cc1. The third-order valence-electron chi connectivity index (χ3n) is 6.44. The van der Waals surface area contributed by atoms with Crippen molar-refractivity contribution in [2.24, 2.45) is 0 Å². The number of hydrogen-bond donors (Lipinski definition) is 1. The van der Waals surface area contributed by atoms with Gasteiger partial charge in [-0.1, -0.05) is 54.1 Å². The van der Waals surface area contributed by atoms with Crippen LogP contribution in [0, 0.1) is 18.6 Å². The number of rotatable bonds is 5. The highest BCUT2D eigenvalue weighted by molar-refractivity contribution is 7.89. The summed E-state index contributed by atoms with van der Waals surface area (Å²) in [7, 11) is -4.25. The predicted molar refractivity (Wildman–Crippen MR) is 129 cm³/mol. The number of benzene rings is 3. The number of nitrogens with zero attached hydrogens (tertiary/aromatic N) is 2. The van der Waals surface area contributed by atoms with E-state index in [1.165, 1.54) is 42.5 Å². The van der Waals surface area contributed by atoms with Crippen molar-refractivity contribution in [1.82, 2.24) is 9.19 Å². The van der Waals surface area contributed by atoms with Gasteiger partial charge in [0, 0.05) is 17.4 Å². The van der Waals surface area contributed by atoms with Crippen LogP contribution in [-0.4, -0.2) is 28.7 Å². The first-order valence-corrected chi connectivity index (χ1v) is 12.4. The van der Waals surface area contributed by atoms with Crippen LogP contribution in [0.25, 0.3) is 6.08 Å². The molecule has 36 heavy (non-hydrogen) atoms. The van der Waals surface area contributed by atoms with E-state index in [4.69, 9.17) is 0 Å². The van der Waals surface area contributed by atoms with Crippen LogP contribution in [0.4, 0.5) is 8.78 Å². The molecule has 0 spiro atoms. The van der Waals surface area contributed by atoms with Crippen LogP contribution in [-0.2, 0) is 21.9 Å². The summed E-state index contributed by atoms with van der Waals surface area (Å²) in [6.07, 6.45) is 3.23. The number of carboxylic acid groups (broad SMARTS) is 1. The molecular formula is C27H20F2N2O4S. The zero-order valence-corrected chi connectivity index (χ0v) is 19.8. The van der Waals surface area contributed by atoms with E-state index in [1.54, 1.807) is 42.5 Å². The molecule has 0 bridgehead atoms. The van der Waals surface area contributed by atoms with Crippen LogP contribution in [0.2, 0.25) is 0 Å². The Labute approximate surface area is 206 Å². The van der Waals surface area contributed by atoms with Crippen LogP contribution in [0.1, 0.15) is 38.4 Å². The lowest BCUT2D eigenvalue weighted by Gasteiger charge is -2.35. The molecule has 4 aromatic rings. The maximum Gasteiger partial charge on any atom is 0.357 e. The standard InChI is InChI=1S/C27H20F2N2O4S/c1-17-2-12-22(13-3-17)36(34,35)31-24-16-27(18-4-8-20(28)9-5-18,19-6-10-21(29)11-7-19)15-14-23(24)25(30-31)26(32)33/h2-15H,16H2,1H3,(H,32,33). The summed E-state index contributed by atoms with van der Waals surface area (Å²) >= 11 is 0. The number of aryl methyl sites for hydroxylation is 1. The third kappa shape index (κ3) is 3.81. The summed E-state index contributed by atoms with van der Waals surface area (Å²) in [5.41, 5.74) is 0.984. The molecule has 0 unspecified atom stereocenters. The molecule has 6 nitrogen and oxygen atoms in total. The van der Waals surface area contributed by atoms with E-state index in [2.05, 4.69) is 5.10 Å². The molecule has 5 rings (SSSR count). The van der Waals surface area contributed by atoms with E-state index in [0.29, 0.717) is 11.1 Å². The van der Waals surface area contributed by atoms with E-state index in [0.717, 1.165) is 9.65 Å². The topological polar surface area (TPSA) is 89.3 Å². The summed E-state index contributed by atoms with van der Waals surface area (Å²) in [6, 6.07) is 17.6. The first-order valence-electron chi connectivity index (χ1n) is 11.0. The Morgan fingerprint density at radius 3 is 1.94 bits per heavy atom. The summed E-state index contributed by atoms with van der Waals surface area (Å²) < 4.78 is 55.5. The Balaban J connectivity index is 1.76. The Morgan fingerprint density at radius 1 is 0.917 bits per heavy atom. The summed E-state index contributed by atoms with van der Waals surface area (Å²) in [5.74, 6) is -2.27. The zero-order valence-electron chi connectivity index (χ0n) is 19.0. The third-order valence-corrected chi connectivity index (χ3v) is 8.06. The quantitative estimate of drug-likeness (QED) is 0.413. The maximum absolute atomic E-state index is 13.8. The van der Waals surface area contributed by atoms with Gasteiger partial charge in [-0.3, -0.25) is 0 Å². The summed E-state index contributed by atoms with van der Waals surface area (Å²) in [6.45, 7) is 1.82. The van der Waals surface area contributed by atoms with Crippen LogP contribution in [0.15, 0.2) is 83.8 Å². The number of carbonyl (C=O) groups is 1. The average molecular weight is 507 g/mol. The second kappa shape index (κ2) is 8.53. The Morgan fingerprint density at radius 2 is 1.44 bits per heavy atom. The molecule has 0 saturated heterocycles. The van der Waals surface area contributed by atoms with Gasteiger partial charge in [0.1, 0.15) is 11.6 Å². The van der Waals surface area contributed by atoms with Gasteiger partial charge >= 0.3 is 5.97 Å². The van der Waals surface area contributed by atoms with E-state index < -0.39 is 38.7 Å². The van der Waals surface area contributed by atoms with Crippen LogP contribution in [0.3, 0.4) is 0 Å². The van der Waals surface area contributed by atoms with Crippen LogP contribution >= 0.6 is 0 Å². The number of fused-ring (bicyclic) bond motifs is 1. The van der Waals surface area contributed by atoms with E-state index >= 15 is 0 Å². The molecule has 0 atom stereocenters. The second-order valence-corrected chi connectivity index (χ2v) is 10.4. The van der Waals surface area contributed by atoms with Crippen molar-refractivity contribution in [3.05, 3.63) is 124 Å². The van der Waals surface area contributed by atoms with Crippen molar-refractivity contribution in [3.8, 4) is 0 Å². The minimum Gasteiger partial charge on any atom is -0.476 e. The molecule has 0 saturated carbocycles. The molecule has 1 N–H and O–H groups in total. The van der Waals surface area contributed by atoms with E-state index in [-0.39, 0.29) is 22.6 Å². The van der Waals surface area contributed by atoms with Gasteiger partial charge in [-0.05, 0) is 54.4 Å². The van der Waals surface area contributed by atoms with Gasteiger partial charge in [0.2, 0.25) is 0 Å². The fourth-order valence-corrected chi connectivity index (χ4v) is 5.88. The Bertz CT molecular complexity index is 1560. The Kier molecular flexibility index (Phi) is 5.60. The molecule has 1 aliphatic carbocycles. The first kappa shape index (κ1) is 23.6.